The molecule has 1 amide bonds. The summed E-state index contributed by atoms with van der Waals surface area (Å²) < 4.78 is 7.41. The lowest BCUT2D eigenvalue weighted by Gasteiger charge is -2.35. The van der Waals surface area contributed by atoms with E-state index < -0.39 is 5.41 Å². The summed E-state index contributed by atoms with van der Waals surface area (Å²) in [7, 11) is 0. The smallest absolute Gasteiger partial charge is 0.312 e. The first-order valence-corrected chi connectivity index (χ1v) is 12.6. The Morgan fingerprint density at radius 3 is 2.74 bits per heavy atom. The first kappa shape index (κ1) is 24.2. The lowest BCUT2D eigenvalue weighted by Crippen LogP contribution is -2.43. The van der Waals surface area contributed by atoms with Gasteiger partial charge in [-0.25, -0.2) is 9.83 Å². The van der Waals surface area contributed by atoms with Crippen LogP contribution in [0.2, 0.25) is 0 Å². The van der Waals surface area contributed by atoms with Crippen molar-refractivity contribution < 1.29 is 14.3 Å². The molecule has 1 saturated heterocycles. The monoisotopic (exact) mass is 465 g/mol. The number of hydrogen-bond acceptors (Lipinski definition) is 5. The van der Waals surface area contributed by atoms with Crippen LogP contribution in [0.4, 0.5) is 5.69 Å². The Morgan fingerprint density at radius 2 is 2.03 bits per heavy atom. The van der Waals surface area contributed by atoms with Crippen LogP contribution in [-0.2, 0) is 27.3 Å². The summed E-state index contributed by atoms with van der Waals surface area (Å²) in [5, 5.41) is 6.54. The number of carbonyl (C=O) groups excluding carboxylic acids is 2. The van der Waals surface area contributed by atoms with Gasteiger partial charge in [0.05, 0.1) is 29.6 Å². The molecule has 0 spiro atoms. The average Bonchev–Trinajstić information content (AvgIpc) is 3.20. The fourth-order valence-electron chi connectivity index (χ4n) is 5.37. The number of hydrogen-bond donors (Lipinski definition) is 2. The molecule has 2 aliphatic rings. The van der Waals surface area contributed by atoms with E-state index in [0.717, 1.165) is 63.0 Å². The minimum atomic E-state index is -0.531. The molecule has 2 fully saturated rings. The molecule has 8 heteroatoms. The second kappa shape index (κ2) is 11.0. The van der Waals surface area contributed by atoms with Gasteiger partial charge in [-0.05, 0) is 64.3 Å². The van der Waals surface area contributed by atoms with Crippen molar-refractivity contribution in [2.75, 3.05) is 19.7 Å². The Hall–Kier alpha value is -2.92. The molecule has 1 saturated carbocycles. The molecule has 1 aromatic carbocycles. The Morgan fingerprint density at radius 1 is 1.26 bits per heavy atom. The molecule has 8 nitrogen and oxygen atoms in total. The summed E-state index contributed by atoms with van der Waals surface area (Å²) in [6, 6.07) is 5.66. The largest absolute Gasteiger partial charge is 0.466 e. The van der Waals surface area contributed by atoms with Gasteiger partial charge in [0.2, 0.25) is 5.91 Å². The third-order valence-corrected chi connectivity index (χ3v) is 7.31. The highest BCUT2D eigenvalue weighted by molar-refractivity contribution is 5.83. The standard InChI is InChI=1S/C26H35N5O3/c1-3-34-25(33)26(13-15-28-16-14-26)12-11-23-30-21-17-20(27-2)9-10-22(21)31(23)18-24(32)29-19-7-5-4-6-8-19/h9-10,17,19,28H,3-8,11-16,18H2,1H3,(H,29,32). The molecule has 0 atom stereocenters. The number of fused-ring (bicyclic) bond motifs is 1. The first-order valence-electron chi connectivity index (χ1n) is 12.6. The number of nitrogens with zero attached hydrogens (tertiary/aromatic N) is 3. The molecule has 1 aliphatic heterocycles. The fraction of sp³-hybridized carbons (Fsp3) is 0.615. The molecule has 2 heterocycles. The number of imidazole rings is 1. The van der Waals surface area contributed by atoms with E-state index in [-0.39, 0.29) is 24.5 Å². The number of ether oxygens (including phenoxy) is 1. The van der Waals surface area contributed by atoms with Gasteiger partial charge < -0.3 is 19.9 Å². The van der Waals surface area contributed by atoms with Crippen LogP contribution in [0.5, 0.6) is 0 Å². The van der Waals surface area contributed by atoms with E-state index in [1.54, 1.807) is 12.1 Å². The second-order valence-corrected chi connectivity index (χ2v) is 9.55. The van der Waals surface area contributed by atoms with Gasteiger partial charge in [-0.3, -0.25) is 9.59 Å². The maximum Gasteiger partial charge on any atom is 0.312 e. The number of piperidine rings is 1. The lowest BCUT2D eigenvalue weighted by atomic mass is 9.75. The number of aryl methyl sites for hydroxylation is 1. The Labute approximate surface area is 201 Å². The van der Waals surface area contributed by atoms with Crippen molar-refractivity contribution >= 4 is 28.6 Å². The van der Waals surface area contributed by atoms with Crippen LogP contribution < -0.4 is 10.6 Å². The molecular weight excluding hydrogens is 430 g/mol. The van der Waals surface area contributed by atoms with Gasteiger partial charge in [0.25, 0.3) is 0 Å². The van der Waals surface area contributed by atoms with E-state index in [4.69, 9.17) is 16.3 Å². The zero-order chi connectivity index (χ0) is 24.0. The molecule has 1 aromatic heterocycles. The summed E-state index contributed by atoms with van der Waals surface area (Å²) in [4.78, 5) is 34.2. The molecule has 34 heavy (non-hydrogen) atoms. The number of benzene rings is 1. The van der Waals surface area contributed by atoms with Crippen LogP contribution in [0, 0.1) is 12.0 Å². The average molecular weight is 466 g/mol. The SMILES string of the molecule is [C-]#[N+]c1ccc2c(c1)nc(CCC1(C(=O)OCC)CCNCC1)n2CC(=O)NC1CCCCC1. The number of aromatic nitrogens is 2. The van der Waals surface area contributed by atoms with Crippen LogP contribution in [0.25, 0.3) is 15.9 Å². The molecule has 182 valence electrons. The molecule has 4 rings (SSSR count). The van der Waals surface area contributed by atoms with Gasteiger partial charge in [-0.15, -0.1) is 0 Å². The van der Waals surface area contributed by atoms with E-state index in [2.05, 4.69) is 15.5 Å². The summed E-state index contributed by atoms with van der Waals surface area (Å²) in [5.74, 6) is 0.631. The maximum absolute atomic E-state index is 13.0. The van der Waals surface area contributed by atoms with Crippen molar-refractivity contribution in [2.24, 2.45) is 5.41 Å². The maximum atomic E-state index is 13.0. The molecule has 1 aliphatic carbocycles. The predicted molar refractivity (Wildman–Crippen MR) is 131 cm³/mol. The third-order valence-electron chi connectivity index (χ3n) is 7.31. The van der Waals surface area contributed by atoms with Crippen molar-refractivity contribution in [3.63, 3.8) is 0 Å². The normalized spacial score (nSPS) is 18.4. The van der Waals surface area contributed by atoms with Gasteiger partial charge in [-0.1, -0.05) is 25.3 Å². The number of carbonyl (C=O) groups is 2. The molecule has 0 unspecified atom stereocenters. The predicted octanol–water partition coefficient (Wildman–Crippen LogP) is 3.90. The van der Waals surface area contributed by atoms with Crippen molar-refractivity contribution in [2.45, 2.75) is 77.3 Å². The number of rotatable bonds is 8. The molecule has 2 aromatic rings. The first-order chi connectivity index (χ1) is 16.5. The van der Waals surface area contributed by atoms with Crippen LogP contribution in [0.15, 0.2) is 18.2 Å². The zero-order valence-corrected chi connectivity index (χ0v) is 20.1. The van der Waals surface area contributed by atoms with Gasteiger partial charge in [-0.2, -0.15) is 0 Å². The minimum Gasteiger partial charge on any atom is -0.466 e. The second-order valence-electron chi connectivity index (χ2n) is 9.55. The Kier molecular flexibility index (Phi) is 7.84. The zero-order valence-electron chi connectivity index (χ0n) is 20.1. The van der Waals surface area contributed by atoms with E-state index in [9.17, 15) is 9.59 Å². The van der Waals surface area contributed by atoms with Crippen LogP contribution >= 0.6 is 0 Å². The van der Waals surface area contributed by atoms with Crippen molar-refractivity contribution in [1.82, 2.24) is 20.2 Å². The molecule has 0 bridgehead atoms. The fourth-order valence-corrected chi connectivity index (χ4v) is 5.37. The van der Waals surface area contributed by atoms with Crippen molar-refractivity contribution in [3.8, 4) is 0 Å². The highest BCUT2D eigenvalue weighted by Crippen LogP contribution is 2.36. The number of amides is 1. The highest BCUT2D eigenvalue weighted by Gasteiger charge is 2.40. The summed E-state index contributed by atoms with van der Waals surface area (Å²) in [6.07, 6.45) is 8.29. The van der Waals surface area contributed by atoms with Gasteiger partial charge >= 0.3 is 5.97 Å². The quantitative estimate of drug-likeness (QED) is 0.456. The highest BCUT2D eigenvalue weighted by atomic mass is 16.5. The number of nitrogens with one attached hydrogen (secondary N) is 2. The summed E-state index contributed by atoms with van der Waals surface area (Å²) >= 11 is 0. The van der Waals surface area contributed by atoms with Crippen molar-refractivity contribution in [1.29, 1.82) is 0 Å². The van der Waals surface area contributed by atoms with E-state index in [1.807, 2.05) is 17.6 Å². The Balaban J connectivity index is 1.58. The summed E-state index contributed by atoms with van der Waals surface area (Å²) in [6.45, 7) is 11.3. The summed E-state index contributed by atoms with van der Waals surface area (Å²) in [5.41, 5.74) is 1.55. The van der Waals surface area contributed by atoms with Crippen LogP contribution in [0.1, 0.15) is 64.1 Å². The third kappa shape index (κ3) is 5.41. The van der Waals surface area contributed by atoms with Gasteiger partial charge in [0.1, 0.15) is 12.4 Å². The molecule has 0 radical (unpaired) electrons. The molecule has 2 N–H and O–H groups in total. The van der Waals surface area contributed by atoms with Gasteiger partial charge in [0.15, 0.2) is 5.69 Å². The van der Waals surface area contributed by atoms with Crippen LogP contribution in [0.3, 0.4) is 0 Å². The van der Waals surface area contributed by atoms with Gasteiger partial charge in [0, 0.05) is 12.5 Å². The van der Waals surface area contributed by atoms with E-state index in [1.165, 1.54) is 6.42 Å². The van der Waals surface area contributed by atoms with Crippen LogP contribution in [-0.4, -0.2) is 47.2 Å². The Bertz CT molecular complexity index is 1060. The number of esters is 1. The molecular formula is C26H35N5O3. The van der Waals surface area contributed by atoms with E-state index in [0.29, 0.717) is 30.7 Å². The van der Waals surface area contributed by atoms with Crippen molar-refractivity contribution in [3.05, 3.63) is 35.4 Å². The lowest BCUT2D eigenvalue weighted by molar-refractivity contribution is -0.157. The van der Waals surface area contributed by atoms with E-state index >= 15 is 0 Å². The topological polar surface area (TPSA) is 89.6 Å². The minimum absolute atomic E-state index is 0.0105.